The summed E-state index contributed by atoms with van der Waals surface area (Å²) in [6, 6.07) is 21.5. The van der Waals surface area contributed by atoms with E-state index in [0.717, 1.165) is 33.4 Å². The summed E-state index contributed by atoms with van der Waals surface area (Å²) in [5.74, 6) is 0. The van der Waals surface area contributed by atoms with Gasteiger partial charge in [0.05, 0.1) is 4.90 Å². The molecule has 3 aromatic rings. The second-order valence-corrected chi connectivity index (χ2v) is 10.3. The third kappa shape index (κ3) is 3.60. The van der Waals surface area contributed by atoms with Gasteiger partial charge in [0.1, 0.15) is 0 Å². The Balaban J connectivity index is 1.80. The van der Waals surface area contributed by atoms with Crippen molar-refractivity contribution >= 4 is 15.6 Å². The number of sulfonamides is 1. The smallest absolute Gasteiger partial charge is 0.261 e. The molecule has 1 N–H and O–H groups in total. The SMILES string of the molecule is Cc1ccc(S(=O)(=O)NC=C2c3ccccc3-c3ccc(C(C)(C)C)cc32)cc1. The molecule has 0 atom stereocenters. The Labute approximate surface area is 173 Å². The highest BCUT2D eigenvalue weighted by Gasteiger charge is 2.26. The highest BCUT2D eigenvalue weighted by atomic mass is 32.2. The first-order chi connectivity index (χ1) is 13.7. The molecule has 3 aromatic carbocycles. The first kappa shape index (κ1) is 19.5. The number of aryl methyl sites for hydroxylation is 1. The second-order valence-electron chi connectivity index (χ2n) is 8.55. The van der Waals surface area contributed by atoms with Gasteiger partial charge in [-0.25, -0.2) is 8.42 Å². The molecule has 0 saturated carbocycles. The second kappa shape index (κ2) is 6.89. The zero-order chi connectivity index (χ0) is 20.8. The Bertz CT molecular complexity index is 1210. The molecule has 4 rings (SSSR count). The monoisotopic (exact) mass is 403 g/mol. The quantitative estimate of drug-likeness (QED) is 0.481. The molecule has 1 aliphatic rings. The topological polar surface area (TPSA) is 46.2 Å². The molecule has 0 radical (unpaired) electrons. The van der Waals surface area contributed by atoms with Gasteiger partial charge in [0, 0.05) is 11.8 Å². The number of fused-ring (bicyclic) bond motifs is 3. The first-order valence-corrected chi connectivity index (χ1v) is 11.2. The molecule has 0 bridgehead atoms. The van der Waals surface area contributed by atoms with Crippen molar-refractivity contribution in [2.45, 2.75) is 38.0 Å². The van der Waals surface area contributed by atoms with Crippen LogP contribution in [0.25, 0.3) is 16.7 Å². The van der Waals surface area contributed by atoms with Gasteiger partial charge in [-0.1, -0.05) is 74.9 Å². The number of hydrogen-bond acceptors (Lipinski definition) is 2. The zero-order valence-electron chi connectivity index (χ0n) is 17.2. The fourth-order valence-corrected chi connectivity index (χ4v) is 4.55. The number of benzene rings is 3. The van der Waals surface area contributed by atoms with Gasteiger partial charge in [-0.3, -0.25) is 4.72 Å². The maximum atomic E-state index is 12.8. The fourth-order valence-electron chi connectivity index (χ4n) is 3.64. The number of hydrogen-bond donors (Lipinski definition) is 1. The lowest BCUT2D eigenvalue weighted by Crippen LogP contribution is -2.18. The minimum Gasteiger partial charge on any atom is -0.286 e. The molecule has 0 aliphatic heterocycles. The summed E-state index contributed by atoms with van der Waals surface area (Å²) in [6.45, 7) is 8.48. The van der Waals surface area contributed by atoms with Crippen molar-refractivity contribution in [2.75, 3.05) is 0 Å². The normalized spacial score (nSPS) is 14.6. The average molecular weight is 404 g/mol. The third-order valence-corrected chi connectivity index (χ3v) is 6.69. The molecule has 4 heteroatoms. The van der Waals surface area contributed by atoms with Gasteiger partial charge in [-0.05, 0) is 58.4 Å². The fraction of sp³-hybridized carbons (Fsp3) is 0.200. The number of rotatable bonds is 3. The summed E-state index contributed by atoms with van der Waals surface area (Å²) in [6.07, 6.45) is 1.63. The Morgan fingerprint density at radius 2 is 1.41 bits per heavy atom. The molecule has 0 aromatic heterocycles. The van der Waals surface area contributed by atoms with Crippen LogP contribution in [-0.2, 0) is 15.4 Å². The van der Waals surface area contributed by atoms with Crippen molar-refractivity contribution in [3.63, 3.8) is 0 Å². The van der Waals surface area contributed by atoms with Crippen molar-refractivity contribution in [1.29, 1.82) is 0 Å². The lowest BCUT2D eigenvalue weighted by atomic mass is 9.85. The van der Waals surface area contributed by atoms with Crippen LogP contribution in [0.3, 0.4) is 0 Å². The van der Waals surface area contributed by atoms with E-state index in [2.05, 4.69) is 49.8 Å². The Morgan fingerprint density at radius 1 is 0.793 bits per heavy atom. The van der Waals surface area contributed by atoms with Crippen LogP contribution in [0.15, 0.2) is 77.8 Å². The van der Waals surface area contributed by atoms with Crippen molar-refractivity contribution in [3.05, 3.63) is 95.2 Å². The Morgan fingerprint density at radius 3 is 2.07 bits per heavy atom. The zero-order valence-corrected chi connectivity index (χ0v) is 18.0. The maximum Gasteiger partial charge on any atom is 0.261 e. The van der Waals surface area contributed by atoms with Gasteiger partial charge in [0.15, 0.2) is 0 Å². The summed E-state index contributed by atoms with van der Waals surface area (Å²) >= 11 is 0. The summed E-state index contributed by atoms with van der Waals surface area (Å²) in [5.41, 5.74) is 7.52. The standard InChI is InChI=1S/C25H25NO2S/c1-17-9-12-19(13-10-17)29(27,28)26-16-24-21-8-6-5-7-20(21)22-14-11-18(15-23(22)24)25(2,3)4/h5-16,26H,1-4H3. The van der Waals surface area contributed by atoms with Crippen molar-refractivity contribution in [1.82, 2.24) is 4.72 Å². The van der Waals surface area contributed by atoms with E-state index in [1.807, 2.05) is 25.1 Å². The average Bonchev–Trinajstić information content (AvgIpc) is 2.99. The Kier molecular flexibility index (Phi) is 4.62. The molecule has 0 amide bonds. The van der Waals surface area contributed by atoms with Crippen LogP contribution in [0.5, 0.6) is 0 Å². The van der Waals surface area contributed by atoms with Crippen molar-refractivity contribution < 1.29 is 8.42 Å². The molecule has 0 unspecified atom stereocenters. The molecule has 0 fully saturated rings. The van der Waals surface area contributed by atoms with Crippen LogP contribution in [0.1, 0.15) is 43.0 Å². The van der Waals surface area contributed by atoms with E-state index in [-0.39, 0.29) is 10.3 Å². The summed E-state index contributed by atoms with van der Waals surface area (Å²) in [5, 5.41) is 0. The van der Waals surface area contributed by atoms with Gasteiger partial charge in [0.25, 0.3) is 10.0 Å². The molecule has 0 saturated heterocycles. The molecule has 148 valence electrons. The lowest BCUT2D eigenvalue weighted by molar-refractivity contribution is 0.589. The van der Waals surface area contributed by atoms with Crippen molar-refractivity contribution in [3.8, 4) is 11.1 Å². The van der Waals surface area contributed by atoms with Gasteiger partial charge in [0.2, 0.25) is 0 Å². The van der Waals surface area contributed by atoms with Crippen LogP contribution >= 0.6 is 0 Å². The van der Waals surface area contributed by atoms with E-state index in [1.54, 1.807) is 30.5 Å². The van der Waals surface area contributed by atoms with Crippen LogP contribution in [0, 0.1) is 6.92 Å². The van der Waals surface area contributed by atoms with Crippen molar-refractivity contribution in [2.24, 2.45) is 0 Å². The summed E-state index contributed by atoms with van der Waals surface area (Å²) < 4.78 is 28.3. The van der Waals surface area contributed by atoms with E-state index >= 15 is 0 Å². The van der Waals surface area contributed by atoms with Crippen LogP contribution in [-0.4, -0.2) is 8.42 Å². The van der Waals surface area contributed by atoms with E-state index in [1.165, 1.54) is 5.56 Å². The van der Waals surface area contributed by atoms with Crippen LogP contribution in [0.2, 0.25) is 0 Å². The van der Waals surface area contributed by atoms with E-state index in [4.69, 9.17) is 0 Å². The molecular weight excluding hydrogens is 378 g/mol. The largest absolute Gasteiger partial charge is 0.286 e. The molecular formula is C25H25NO2S. The summed E-state index contributed by atoms with van der Waals surface area (Å²) in [4.78, 5) is 0.259. The summed E-state index contributed by atoms with van der Waals surface area (Å²) in [7, 11) is -3.63. The minimum atomic E-state index is -3.63. The minimum absolute atomic E-state index is 0.0102. The molecule has 29 heavy (non-hydrogen) atoms. The van der Waals surface area contributed by atoms with E-state index in [0.29, 0.717) is 0 Å². The van der Waals surface area contributed by atoms with E-state index < -0.39 is 10.0 Å². The third-order valence-electron chi connectivity index (χ3n) is 5.37. The predicted molar refractivity (Wildman–Crippen MR) is 119 cm³/mol. The lowest BCUT2D eigenvalue weighted by Gasteiger charge is -2.20. The highest BCUT2D eigenvalue weighted by Crippen LogP contribution is 2.45. The maximum absolute atomic E-state index is 12.8. The molecule has 0 spiro atoms. The van der Waals surface area contributed by atoms with Gasteiger partial charge >= 0.3 is 0 Å². The highest BCUT2D eigenvalue weighted by molar-refractivity contribution is 7.89. The predicted octanol–water partition coefficient (Wildman–Crippen LogP) is 5.64. The van der Waals surface area contributed by atoms with Gasteiger partial charge < -0.3 is 0 Å². The van der Waals surface area contributed by atoms with Crippen LogP contribution in [0.4, 0.5) is 0 Å². The van der Waals surface area contributed by atoms with E-state index in [9.17, 15) is 8.42 Å². The molecule has 0 heterocycles. The van der Waals surface area contributed by atoms with Crippen LogP contribution < -0.4 is 4.72 Å². The first-order valence-electron chi connectivity index (χ1n) is 9.71. The number of nitrogens with one attached hydrogen (secondary N) is 1. The molecule has 1 aliphatic carbocycles. The Hall–Kier alpha value is -2.85. The van der Waals surface area contributed by atoms with Gasteiger partial charge in [-0.2, -0.15) is 0 Å². The van der Waals surface area contributed by atoms with Gasteiger partial charge in [-0.15, -0.1) is 0 Å². The molecule has 3 nitrogen and oxygen atoms in total.